The molecule has 1 aliphatic carbocycles. The predicted octanol–water partition coefficient (Wildman–Crippen LogP) is 4.10. The van der Waals surface area contributed by atoms with E-state index in [1.54, 1.807) is 10.8 Å². The molecule has 0 bridgehead atoms. The molecule has 0 N–H and O–H groups in total. The number of carbonyl (C=O) groups excluding carboxylic acids is 1. The van der Waals surface area contributed by atoms with Gasteiger partial charge >= 0.3 is 6.18 Å². The second-order valence-electron chi connectivity index (χ2n) is 7.34. The molecule has 30 heavy (non-hydrogen) atoms. The number of rotatable bonds is 3. The van der Waals surface area contributed by atoms with Crippen LogP contribution in [-0.2, 0) is 22.9 Å². The average Bonchev–Trinajstić information content (AvgIpc) is 3.05. The third kappa shape index (κ3) is 2.44. The smallest absolute Gasteiger partial charge is 0.299 e. The van der Waals surface area contributed by atoms with E-state index in [4.69, 9.17) is 0 Å². The van der Waals surface area contributed by atoms with Gasteiger partial charge in [0.2, 0.25) is 5.95 Å². The van der Waals surface area contributed by atoms with E-state index >= 15 is 0 Å². The normalized spacial score (nSPS) is 17.1. The zero-order valence-corrected chi connectivity index (χ0v) is 15.5. The highest BCUT2D eigenvalue weighted by Crippen LogP contribution is 2.55. The first kappa shape index (κ1) is 18.8. The van der Waals surface area contributed by atoms with Crippen LogP contribution in [0.1, 0.15) is 31.0 Å². The standard InChI is InChI=1S/C19H14F5N5O/c1-2-11-8-25-17-28(16(30)18(3-4-18)29(11)17)15-13(20)5-12(6-14(15)21)27-9-10(7-26-27)19(22,23)24/h5-9H,2-4H2,1H3. The second-order valence-corrected chi connectivity index (χ2v) is 7.34. The van der Waals surface area contributed by atoms with Gasteiger partial charge in [-0.1, -0.05) is 6.92 Å². The number of aryl methyl sites for hydroxylation is 1. The van der Waals surface area contributed by atoms with Crippen LogP contribution in [0.15, 0.2) is 30.7 Å². The van der Waals surface area contributed by atoms with Gasteiger partial charge in [0.1, 0.15) is 11.2 Å². The maximum atomic E-state index is 15.0. The number of aromatic nitrogens is 4. The number of benzene rings is 1. The minimum atomic E-state index is -4.64. The number of hydrogen-bond donors (Lipinski definition) is 0. The number of fused-ring (bicyclic) bond motifs is 2. The molecule has 2 aliphatic rings. The molecule has 0 atom stereocenters. The van der Waals surface area contributed by atoms with Crippen LogP contribution >= 0.6 is 0 Å². The Balaban J connectivity index is 1.60. The van der Waals surface area contributed by atoms with Gasteiger partial charge in [-0.3, -0.25) is 9.36 Å². The zero-order chi connectivity index (χ0) is 21.4. The van der Waals surface area contributed by atoms with Crippen molar-refractivity contribution in [1.29, 1.82) is 0 Å². The zero-order valence-electron chi connectivity index (χ0n) is 15.5. The van der Waals surface area contributed by atoms with Crippen molar-refractivity contribution in [2.75, 3.05) is 4.90 Å². The third-order valence-corrected chi connectivity index (χ3v) is 5.53. The molecule has 11 heteroatoms. The summed E-state index contributed by atoms with van der Waals surface area (Å²) >= 11 is 0. The molecule has 156 valence electrons. The Morgan fingerprint density at radius 1 is 1.13 bits per heavy atom. The third-order valence-electron chi connectivity index (χ3n) is 5.53. The van der Waals surface area contributed by atoms with Crippen LogP contribution in [0.2, 0.25) is 0 Å². The van der Waals surface area contributed by atoms with Crippen molar-refractivity contribution in [2.45, 2.75) is 37.9 Å². The molecule has 5 rings (SSSR count). The summed E-state index contributed by atoms with van der Waals surface area (Å²) in [5.74, 6) is -2.54. The van der Waals surface area contributed by atoms with Gasteiger partial charge in [-0.05, 0) is 19.3 Å². The molecule has 0 unspecified atom stereocenters. The lowest BCUT2D eigenvalue weighted by molar-refractivity contribution is -0.137. The molecule has 3 aromatic rings. The van der Waals surface area contributed by atoms with Crippen LogP contribution in [-0.4, -0.2) is 25.2 Å². The minimum absolute atomic E-state index is 0.137. The maximum Gasteiger partial charge on any atom is 0.419 e. The summed E-state index contributed by atoms with van der Waals surface area (Å²) in [5.41, 5.74) is -1.98. The molecule has 0 saturated heterocycles. The summed E-state index contributed by atoms with van der Waals surface area (Å²) in [6, 6.07) is 1.68. The molecule has 6 nitrogen and oxygen atoms in total. The Morgan fingerprint density at radius 2 is 1.80 bits per heavy atom. The Labute approximate surface area is 166 Å². The maximum absolute atomic E-state index is 15.0. The lowest BCUT2D eigenvalue weighted by Gasteiger charge is -2.18. The van der Waals surface area contributed by atoms with Crippen LogP contribution in [0.25, 0.3) is 5.69 Å². The van der Waals surface area contributed by atoms with Crippen LogP contribution in [0.3, 0.4) is 0 Å². The van der Waals surface area contributed by atoms with Gasteiger partial charge in [-0.25, -0.2) is 23.3 Å². The van der Waals surface area contributed by atoms with Crippen molar-refractivity contribution in [1.82, 2.24) is 19.3 Å². The highest BCUT2D eigenvalue weighted by atomic mass is 19.4. The van der Waals surface area contributed by atoms with E-state index in [0.717, 1.165) is 27.4 Å². The molecule has 2 aromatic heterocycles. The average molecular weight is 423 g/mol. The van der Waals surface area contributed by atoms with E-state index in [1.807, 2.05) is 6.92 Å². The monoisotopic (exact) mass is 423 g/mol. The van der Waals surface area contributed by atoms with Crippen molar-refractivity contribution in [3.63, 3.8) is 0 Å². The minimum Gasteiger partial charge on any atom is -0.299 e. The first-order chi connectivity index (χ1) is 14.2. The van der Waals surface area contributed by atoms with Gasteiger partial charge in [0.25, 0.3) is 5.91 Å². The topological polar surface area (TPSA) is 56.0 Å². The van der Waals surface area contributed by atoms with Gasteiger partial charge in [0.15, 0.2) is 11.6 Å². The van der Waals surface area contributed by atoms with E-state index in [9.17, 15) is 26.7 Å². The Kier molecular flexibility index (Phi) is 3.69. The summed E-state index contributed by atoms with van der Waals surface area (Å²) in [5, 5.41) is 3.53. The fraction of sp³-hybridized carbons (Fsp3) is 0.316. The van der Waals surface area contributed by atoms with Gasteiger partial charge in [0.05, 0.1) is 23.6 Å². The molecule has 0 radical (unpaired) electrons. The van der Waals surface area contributed by atoms with E-state index in [-0.39, 0.29) is 11.6 Å². The summed E-state index contributed by atoms with van der Waals surface area (Å²) in [4.78, 5) is 18.2. The van der Waals surface area contributed by atoms with Gasteiger partial charge in [-0.2, -0.15) is 18.3 Å². The Morgan fingerprint density at radius 3 is 2.33 bits per heavy atom. The molecule has 1 aliphatic heterocycles. The van der Waals surface area contributed by atoms with Gasteiger partial charge in [0, 0.05) is 24.0 Å². The van der Waals surface area contributed by atoms with E-state index in [0.29, 0.717) is 31.7 Å². The number of nitrogens with zero attached hydrogens (tertiary/aromatic N) is 5. The van der Waals surface area contributed by atoms with E-state index < -0.39 is 40.5 Å². The van der Waals surface area contributed by atoms with Crippen LogP contribution in [0.4, 0.5) is 33.6 Å². The summed E-state index contributed by atoms with van der Waals surface area (Å²) in [7, 11) is 0. The molecule has 1 aromatic carbocycles. The highest BCUT2D eigenvalue weighted by Gasteiger charge is 2.61. The first-order valence-corrected chi connectivity index (χ1v) is 9.20. The van der Waals surface area contributed by atoms with Gasteiger partial charge < -0.3 is 0 Å². The largest absolute Gasteiger partial charge is 0.419 e. The number of carbonyl (C=O) groups is 1. The van der Waals surface area contributed by atoms with Crippen LogP contribution < -0.4 is 4.90 Å². The van der Waals surface area contributed by atoms with Crippen molar-refractivity contribution in [3.8, 4) is 5.69 Å². The molecular weight excluding hydrogens is 409 g/mol. The molecule has 1 fully saturated rings. The van der Waals surface area contributed by atoms with Gasteiger partial charge in [-0.15, -0.1) is 0 Å². The summed E-state index contributed by atoms with van der Waals surface area (Å²) in [6.07, 6.45) is -0.172. The quantitative estimate of drug-likeness (QED) is 0.597. The number of hydrogen-bond acceptors (Lipinski definition) is 3. The lowest BCUT2D eigenvalue weighted by Crippen LogP contribution is -2.31. The van der Waals surface area contributed by atoms with E-state index in [1.165, 1.54) is 0 Å². The Bertz CT molecular complexity index is 1170. The summed E-state index contributed by atoms with van der Waals surface area (Å²) in [6.45, 7) is 1.89. The SMILES string of the molecule is CCc1cnc2n1C1(CC1)C(=O)N2c1c(F)cc(-n2cc(C(F)(F)F)cn2)cc1F. The number of alkyl halides is 3. The number of amides is 1. The van der Waals surface area contributed by atoms with Crippen molar-refractivity contribution < 1.29 is 26.7 Å². The molecule has 1 amide bonds. The predicted molar refractivity (Wildman–Crippen MR) is 94.4 cm³/mol. The summed E-state index contributed by atoms with van der Waals surface area (Å²) < 4.78 is 70.8. The fourth-order valence-corrected chi connectivity index (χ4v) is 3.91. The second kappa shape index (κ2) is 5.89. The fourth-order valence-electron chi connectivity index (χ4n) is 3.91. The number of anilines is 2. The number of imidazole rings is 1. The van der Waals surface area contributed by atoms with Crippen LogP contribution in [0.5, 0.6) is 0 Å². The van der Waals surface area contributed by atoms with Crippen molar-refractivity contribution in [3.05, 3.63) is 53.6 Å². The van der Waals surface area contributed by atoms with E-state index in [2.05, 4.69) is 10.1 Å². The first-order valence-electron chi connectivity index (χ1n) is 9.20. The molecule has 1 spiro atoms. The molecule has 1 saturated carbocycles. The molecule has 3 heterocycles. The Hall–Kier alpha value is -3.24. The molecular formula is C19H14F5N5O. The highest BCUT2D eigenvalue weighted by molar-refractivity contribution is 6.09. The van der Waals surface area contributed by atoms with Crippen molar-refractivity contribution >= 4 is 17.5 Å². The lowest BCUT2D eigenvalue weighted by atomic mass is 10.2. The number of halogens is 5. The van der Waals surface area contributed by atoms with Crippen molar-refractivity contribution in [2.24, 2.45) is 0 Å². The van der Waals surface area contributed by atoms with Crippen LogP contribution in [0, 0.1) is 11.6 Å².